The van der Waals surface area contributed by atoms with Crippen molar-refractivity contribution < 1.29 is 18.0 Å². The van der Waals surface area contributed by atoms with Crippen LogP contribution in [-0.4, -0.2) is 29.6 Å². The highest BCUT2D eigenvalue weighted by Crippen LogP contribution is 2.23. The van der Waals surface area contributed by atoms with Crippen LogP contribution in [0, 0.1) is 0 Å². The molecule has 0 fully saturated rings. The Kier molecular flexibility index (Phi) is 5.33. The number of nitrogens with zero attached hydrogens (tertiary/aromatic N) is 1. The van der Waals surface area contributed by atoms with Crippen LogP contribution in [0.15, 0.2) is 12.1 Å². The van der Waals surface area contributed by atoms with Gasteiger partial charge in [-0.1, -0.05) is 0 Å². The minimum Gasteiger partial charge on any atom is -0.289 e. The van der Waals surface area contributed by atoms with Crippen LogP contribution in [0.2, 0.25) is 0 Å². The molecule has 108 valence electrons. The molecule has 0 unspecified atom stereocenters. The number of amides is 1. The Bertz CT molecular complexity index is 431. The zero-order chi connectivity index (χ0) is 14.6. The van der Waals surface area contributed by atoms with E-state index in [0.29, 0.717) is 9.75 Å². The molecule has 8 heteroatoms. The number of carbonyl (C=O) groups is 1. The topological polar surface area (TPSA) is 58.4 Å². The van der Waals surface area contributed by atoms with Gasteiger partial charge in [0.15, 0.2) is 0 Å². The molecule has 0 atom stereocenters. The molecule has 0 aromatic carbocycles. The summed E-state index contributed by atoms with van der Waals surface area (Å²) in [6, 6.07) is 2.95. The smallest absolute Gasteiger partial charge is 0.289 e. The lowest BCUT2D eigenvalue weighted by molar-refractivity contribution is -0.150. The number of halogens is 3. The third-order valence-corrected chi connectivity index (χ3v) is 3.56. The molecule has 3 N–H and O–H groups in total. The van der Waals surface area contributed by atoms with E-state index in [2.05, 4.69) is 0 Å². The van der Waals surface area contributed by atoms with Gasteiger partial charge in [0.2, 0.25) is 0 Å². The highest BCUT2D eigenvalue weighted by Gasteiger charge is 2.31. The van der Waals surface area contributed by atoms with E-state index in [-0.39, 0.29) is 12.6 Å². The van der Waals surface area contributed by atoms with Crippen LogP contribution in [0.3, 0.4) is 0 Å². The molecule has 0 spiro atoms. The zero-order valence-electron chi connectivity index (χ0n) is 10.6. The van der Waals surface area contributed by atoms with Crippen molar-refractivity contribution in [2.24, 2.45) is 5.84 Å². The number of alkyl halides is 3. The van der Waals surface area contributed by atoms with E-state index in [0.717, 1.165) is 11.3 Å². The number of rotatable bonds is 5. The number of hydrogen-bond donors (Lipinski definition) is 2. The summed E-state index contributed by atoms with van der Waals surface area (Å²) in [6.07, 6.45) is -4.24. The molecule has 19 heavy (non-hydrogen) atoms. The molecule has 0 aliphatic rings. The normalized spacial score (nSPS) is 12.2. The lowest BCUT2D eigenvalue weighted by atomic mass is 10.3. The van der Waals surface area contributed by atoms with E-state index < -0.39 is 18.6 Å². The highest BCUT2D eigenvalue weighted by molar-refractivity contribution is 7.14. The third-order valence-electron chi connectivity index (χ3n) is 2.49. The van der Waals surface area contributed by atoms with Crippen LogP contribution in [0.25, 0.3) is 0 Å². The van der Waals surface area contributed by atoms with Crippen molar-refractivity contribution in [2.45, 2.75) is 32.6 Å². The van der Waals surface area contributed by atoms with Crippen molar-refractivity contribution in [1.29, 1.82) is 0 Å². The SMILES string of the molecule is CC(C)N(Cc1ccc(C(=O)NN)s1)CC(F)(F)F. The summed E-state index contributed by atoms with van der Waals surface area (Å²) >= 11 is 1.14. The van der Waals surface area contributed by atoms with Crippen LogP contribution in [0.5, 0.6) is 0 Å². The predicted octanol–water partition coefficient (Wildman–Crippen LogP) is 2.12. The number of nitrogen functional groups attached to an aromatic ring is 1. The lowest BCUT2D eigenvalue weighted by Gasteiger charge is -2.26. The Morgan fingerprint density at radius 1 is 1.47 bits per heavy atom. The first kappa shape index (κ1) is 15.9. The van der Waals surface area contributed by atoms with Crippen LogP contribution in [-0.2, 0) is 6.54 Å². The van der Waals surface area contributed by atoms with Gasteiger partial charge in [0.05, 0.1) is 11.4 Å². The monoisotopic (exact) mass is 295 g/mol. The van der Waals surface area contributed by atoms with E-state index in [9.17, 15) is 18.0 Å². The quantitative estimate of drug-likeness (QED) is 0.497. The average molecular weight is 295 g/mol. The largest absolute Gasteiger partial charge is 0.401 e. The van der Waals surface area contributed by atoms with Gasteiger partial charge in [-0.2, -0.15) is 13.2 Å². The summed E-state index contributed by atoms with van der Waals surface area (Å²) in [5, 5.41) is 0. The molecule has 0 aliphatic heterocycles. The number of nitrogens with one attached hydrogen (secondary N) is 1. The fourth-order valence-corrected chi connectivity index (χ4v) is 2.44. The molecule has 1 rings (SSSR count). The van der Waals surface area contributed by atoms with Gasteiger partial charge >= 0.3 is 6.18 Å². The van der Waals surface area contributed by atoms with Crippen molar-refractivity contribution in [1.82, 2.24) is 10.3 Å². The lowest BCUT2D eigenvalue weighted by Crippen LogP contribution is -2.38. The summed E-state index contributed by atoms with van der Waals surface area (Å²) in [4.78, 5) is 13.6. The van der Waals surface area contributed by atoms with Crippen molar-refractivity contribution >= 4 is 17.2 Å². The second-order valence-corrected chi connectivity index (χ2v) is 5.52. The molecule has 1 aromatic rings. The Balaban J connectivity index is 2.74. The van der Waals surface area contributed by atoms with E-state index in [1.54, 1.807) is 26.0 Å². The molecule has 0 saturated carbocycles. The summed E-state index contributed by atoms with van der Waals surface area (Å²) in [5.41, 5.74) is 1.99. The van der Waals surface area contributed by atoms with Crippen LogP contribution in [0.4, 0.5) is 13.2 Å². The van der Waals surface area contributed by atoms with Gasteiger partial charge in [-0.05, 0) is 26.0 Å². The Labute approximate surface area is 113 Å². The van der Waals surface area contributed by atoms with E-state index in [4.69, 9.17) is 5.84 Å². The molecule has 4 nitrogen and oxygen atoms in total. The molecular weight excluding hydrogens is 279 g/mol. The average Bonchev–Trinajstić information content (AvgIpc) is 2.73. The molecule has 0 aliphatic carbocycles. The molecule has 1 aromatic heterocycles. The molecule has 0 saturated heterocycles. The molecule has 0 radical (unpaired) electrons. The third kappa shape index (κ3) is 5.17. The van der Waals surface area contributed by atoms with Gasteiger partial charge in [0.25, 0.3) is 5.91 Å². The van der Waals surface area contributed by atoms with Crippen LogP contribution in [0.1, 0.15) is 28.4 Å². The minimum absolute atomic E-state index is 0.152. The van der Waals surface area contributed by atoms with Gasteiger partial charge in [0.1, 0.15) is 0 Å². The maximum absolute atomic E-state index is 12.4. The van der Waals surface area contributed by atoms with Gasteiger partial charge in [-0.3, -0.25) is 15.1 Å². The first-order valence-corrected chi connectivity index (χ1v) is 6.45. The fraction of sp³-hybridized carbons (Fsp3) is 0.545. The molecule has 0 bridgehead atoms. The summed E-state index contributed by atoms with van der Waals surface area (Å²) in [7, 11) is 0. The number of thiophene rings is 1. The maximum atomic E-state index is 12.4. The standard InChI is InChI=1S/C11H16F3N3OS/c1-7(2)17(6-11(12,13)14)5-8-3-4-9(19-8)10(18)16-15/h3-4,7H,5-6,15H2,1-2H3,(H,16,18). The van der Waals surface area contributed by atoms with E-state index >= 15 is 0 Å². The second kappa shape index (κ2) is 6.36. The summed E-state index contributed by atoms with van der Waals surface area (Å²) in [5.74, 6) is 4.55. The Morgan fingerprint density at radius 2 is 2.11 bits per heavy atom. The molecule has 1 heterocycles. The van der Waals surface area contributed by atoms with Crippen LogP contribution < -0.4 is 11.3 Å². The first-order valence-electron chi connectivity index (χ1n) is 5.63. The zero-order valence-corrected chi connectivity index (χ0v) is 11.4. The van der Waals surface area contributed by atoms with E-state index in [1.165, 1.54) is 4.90 Å². The van der Waals surface area contributed by atoms with Crippen LogP contribution >= 0.6 is 11.3 Å². The van der Waals surface area contributed by atoms with Gasteiger partial charge in [0, 0.05) is 17.5 Å². The van der Waals surface area contributed by atoms with Gasteiger partial charge in [-0.25, -0.2) is 5.84 Å². The second-order valence-electron chi connectivity index (χ2n) is 4.35. The van der Waals surface area contributed by atoms with Crippen molar-refractivity contribution in [3.63, 3.8) is 0 Å². The Hall–Kier alpha value is -1.12. The van der Waals surface area contributed by atoms with Gasteiger partial charge in [-0.15, -0.1) is 11.3 Å². The fourth-order valence-electron chi connectivity index (χ4n) is 1.51. The maximum Gasteiger partial charge on any atom is 0.401 e. The first-order chi connectivity index (χ1) is 8.73. The predicted molar refractivity (Wildman–Crippen MR) is 67.6 cm³/mol. The van der Waals surface area contributed by atoms with E-state index in [1.807, 2.05) is 5.43 Å². The number of hydrazine groups is 1. The highest BCUT2D eigenvalue weighted by atomic mass is 32.1. The number of carbonyl (C=O) groups excluding carboxylic acids is 1. The van der Waals surface area contributed by atoms with Crippen molar-refractivity contribution in [2.75, 3.05) is 6.54 Å². The molecular formula is C11H16F3N3OS. The summed E-state index contributed by atoms with van der Waals surface area (Å²) < 4.78 is 37.3. The van der Waals surface area contributed by atoms with Gasteiger partial charge < -0.3 is 0 Å². The number of hydrogen-bond acceptors (Lipinski definition) is 4. The van der Waals surface area contributed by atoms with Crippen molar-refractivity contribution in [3.05, 3.63) is 21.9 Å². The van der Waals surface area contributed by atoms with Crippen molar-refractivity contribution in [3.8, 4) is 0 Å². The Morgan fingerprint density at radius 3 is 2.58 bits per heavy atom. The minimum atomic E-state index is -4.24. The summed E-state index contributed by atoms with van der Waals surface area (Å²) in [6.45, 7) is 2.58. The number of nitrogens with two attached hydrogens (primary N) is 1. The molecule has 1 amide bonds.